The third kappa shape index (κ3) is 6.39. The summed E-state index contributed by atoms with van der Waals surface area (Å²) in [6, 6.07) is 15.3. The molecule has 26 heavy (non-hydrogen) atoms. The Balaban J connectivity index is 2.04. The lowest BCUT2D eigenvalue weighted by Gasteiger charge is -2.08. The molecule has 0 unspecified atom stereocenters. The molecule has 0 atom stereocenters. The molecule has 2 aromatic carbocycles. The second-order valence-electron chi connectivity index (χ2n) is 5.59. The number of benzene rings is 2. The molecule has 2 aromatic rings. The number of hydrogen-bond donors (Lipinski definition) is 0. The smallest absolute Gasteiger partial charge is 0.344 e. The first-order valence-electron chi connectivity index (χ1n) is 8.33. The Morgan fingerprint density at radius 1 is 1.08 bits per heavy atom. The maximum atomic E-state index is 11.4. The molecule has 0 saturated carbocycles. The summed E-state index contributed by atoms with van der Waals surface area (Å²) in [6.07, 6.45) is 3.91. The molecule has 0 radical (unpaired) electrons. The molecule has 136 valence electrons. The van der Waals surface area contributed by atoms with Crippen LogP contribution in [0.15, 0.2) is 58.9 Å². The highest BCUT2D eigenvalue weighted by atomic mass is 16.6. The van der Waals surface area contributed by atoms with E-state index in [1.54, 1.807) is 11.9 Å². The molecule has 6 nitrogen and oxygen atoms in total. The highest BCUT2D eigenvalue weighted by molar-refractivity contribution is 5.74. The van der Waals surface area contributed by atoms with Gasteiger partial charge in [0.2, 0.25) is 0 Å². The van der Waals surface area contributed by atoms with Crippen LogP contribution in [0.4, 0.5) is 5.69 Å². The Morgan fingerprint density at radius 3 is 2.50 bits per heavy atom. The molecule has 0 saturated heterocycles. The Hall–Kier alpha value is -3.15. The van der Waals surface area contributed by atoms with Crippen molar-refractivity contribution in [3.05, 3.63) is 59.7 Å². The molecule has 0 N–H and O–H groups in total. The first-order valence-corrected chi connectivity index (χ1v) is 8.33. The van der Waals surface area contributed by atoms with Gasteiger partial charge in [-0.2, -0.15) is 0 Å². The lowest BCUT2D eigenvalue weighted by molar-refractivity contribution is -0.145. The summed E-state index contributed by atoms with van der Waals surface area (Å²) in [5, 5.41) is 9.70. The monoisotopic (exact) mass is 353 g/mol. The summed E-state index contributed by atoms with van der Waals surface area (Å²) < 4.78 is 10.4. The zero-order valence-electron chi connectivity index (χ0n) is 15.3. The minimum Gasteiger partial charge on any atom is -0.481 e. The number of carbonyl (C=O) groups excluding carboxylic acids is 1. The summed E-state index contributed by atoms with van der Waals surface area (Å²) >= 11 is 0. The van der Waals surface area contributed by atoms with Gasteiger partial charge in [0.05, 0.1) is 12.3 Å². The lowest BCUT2D eigenvalue weighted by atomic mass is 10.1. The van der Waals surface area contributed by atoms with Gasteiger partial charge < -0.3 is 9.47 Å². The van der Waals surface area contributed by atoms with Crippen molar-refractivity contribution in [1.82, 2.24) is 5.01 Å². The van der Waals surface area contributed by atoms with Gasteiger partial charge in [-0.1, -0.05) is 47.7 Å². The van der Waals surface area contributed by atoms with Crippen LogP contribution in [0, 0.1) is 0 Å². The van der Waals surface area contributed by atoms with Crippen molar-refractivity contribution in [2.45, 2.75) is 6.92 Å². The van der Waals surface area contributed by atoms with Crippen molar-refractivity contribution in [3.63, 3.8) is 0 Å². The van der Waals surface area contributed by atoms with Crippen LogP contribution in [0.1, 0.15) is 18.1 Å². The summed E-state index contributed by atoms with van der Waals surface area (Å²) in [6.45, 7) is 2.00. The van der Waals surface area contributed by atoms with Crippen LogP contribution in [-0.4, -0.2) is 38.3 Å². The number of esters is 1. The minimum atomic E-state index is -0.381. The van der Waals surface area contributed by atoms with E-state index in [1.165, 1.54) is 0 Å². The summed E-state index contributed by atoms with van der Waals surface area (Å²) in [5.41, 5.74) is 2.69. The van der Waals surface area contributed by atoms with Gasteiger partial charge in [0.1, 0.15) is 5.75 Å². The van der Waals surface area contributed by atoms with E-state index < -0.39 is 0 Å². The largest absolute Gasteiger partial charge is 0.481 e. The SMILES string of the molecule is CCOC(=O)COc1ccccc1/C=C/c1ccc(N=NN(C)C)cc1. The standard InChI is InChI=1S/C20H23N3O3/c1-4-25-20(24)15-26-19-8-6-5-7-17(19)12-9-16-10-13-18(14-11-16)21-22-23(2)3/h5-14H,4,15H2,1-3H3/b12-9+,22-21?. The molecular formula is C20H23N3O3. The second kappa shape index (κ2) is 9.98. The fourth-order valence-electron chi connectivity index (χ4n) is 2.07. The Labute approximate surface area is 153 Å². The lowest BCUT2D eigenvalue weighted by Crippen LogP contribution is -2.14. The first kappa shape index (κ1) is 19.2. The highest BCUT2D eigenvalue weighted by Crippen LogP contribution is 2.21. The van der Waals surface area contributed by atoms with Gasteiger partial charge in [-0.05, 0) is 30.7 Å². The average Bonchev–Trinajstić information content (AvgIpc) is 2.64. The number of ether oxygens (including phenoxy) is 2. The van der Waals surface area contributed by atoms with Crippen molar-refractivity contribution in [3.8, 4) is 5.75 Å². The van der Waals surface area contributed by atoms with Crippen LogP contribution < -0.4 is 4.74 Å². The molecule has 0 aromatic heterocycles. The number of para-hydroxylation sites is 1. The third-order valence-electron chi connectivity index (χ3n) is 3.26. The van der Waals surface area contributed by atoms with E-state index in [9.17, 15) is 4.79 Å². The van der Waals surface area contributed by atoms with Crippen LogP contribution in [0.2, 0.25) is 0 Å². The summed E-state index contributed by atoms with van der Waals surface area (Å²) in [5.74, 6) is 0.252. The van der Waals surface area contributed by atoms with Crippen LogP contribution in [0.25, 0.3) is 12.2 Å². The zero-order valence-corrected chi connectivity index (χ0v) is 15.3. The summed E-state index contributed by atoms with van der Waals surface area (Å²) in [7, 11) is 3.64. The normalized spacial score (nSPS) is 11.0. The third-order valence-corrected chi connectivity index (χ3v) is 3.26. The van der Waals surface area contributed by atoms with Crippen LogP contribution >= 0.6 is 0 Å². The minimum absolute atomic E-state index is 0.107. The van der Waals surface area contributed by atoms with Crippen molar-refractivity contribution in [1.29, 1.82) is 0 Å². The van der Waals surface area contributed by atoms with Gasteiger partial charge in [0.15, 0.2) is 6.61 Å². The molecular weight excluding hydrogens is 330 g/mol. The molecule has 0 heterocycles. The van der Waals surface area contributed by atoms with Gasteiger partial charge >= 0.3 is 5.97 Å². The molecule has 2 rings (SSSR count). The maximum absolute atomic E-state index is 11.4. The molecule has 0 amide bonds. The average molecular weight is 353 g/mol. The number of hydrogen-bond acceptors (Lipinski definition) is 5. The van der Waals surface area contributed by atoms with Crippen molar-refractivity contribution < 1.29 is 14.3 Å². The van der Waals surface area contributed by atoms with Crippen molar-refractivity contribution >= 4 is 23.8 Å². The second-order valence-corrected chi connectivity index (χ2v) is 5.59. The molecule has 0 bridgehead atoms. The van der Waals surface area contributed by atoms with Gasteiger partial charge in [-0.25, -0.2) is 4.79 Å². The quantitative estimate of drug-likeness (QED) is 0.306. The topological polar surface area (TPSA) is 63.5 Å². The van der Waals surface area contributed by atoms with Gasteiger partial charge in [0.25, 0.3) is 0 Å². The number of carbonyl (C=O) groups is 1. The molecule has 0 spiro atoms. The Morgan fingerprint density at radius 2 is 1.81 bits per heavy atom. The fourth-order valence-corrected chi connectivity index (χ4v) is 2.07. The van der Waals surface area contributed by atoms with Crippen molar-refractivity contribution in [2.75, 3.05) is 27.3 Å². The van der Waals surface area contributed by atoms with Crippen LogP contribution in [0.5, 0.6) is 5.75 Å². The van der Waals surface area contributed by atoms with Crippen molar-refractivity contribution in [2.24, 2.45) is 10.3 Å². The number of nitrogens with zero attached hydrogens (tertiary/aromatic N) is 3. The molecule has 0 aliphatic carbocycles. The molecule has 0 fully saturated rings. The van der Waals surface area contributed by atoms with E-state index in [0.717, 1.165) is 16.8 Å². The fraction of sp³-hybridized carbons (Fsp3) is 0.250. The predicted molar refractivity (Wildman–Crippen MR) is 102 cm³/mol. The van der Waals surface area contributed by atoms with Gasteiger partial charge in [0, 0.05) is 19.7 Å². The molecule has 0 aliphatic rings. The predicted octanol–water partition coefficient (Wildman–Crippen LogP) is 4.36. The molecule has 0 aliphatic heterocycles. The summed E-state index contributed by atoms with van der Waals surface area (Å²) in [4.78, 5) is 11.4. The van der Waals surface area contributed by atoms with E-state index in [2.05, 4.69) is 10.3 Å². The first-order chi connectivity index (χ1) is 12.6. The Bertz CT molecular complexity index is 768. The van der Waals surface area contributed by atoms with Gasteiger partial charge in [-0.15, -0.1) is 5.11 Å². The molecule has 6 heteroatoms. The Kier molecular flexibility index (Phi) is 7.36. The van der Waals surface area contributed by atoms with E-state index in [0.29, 0.717) is 12.4 Å². The van der Waals surface area contributed by atoms with E-state index in [4.69, 9.17) is 9.47 Å². The van der Waals surface area contributed by atoms with Crippen LogP contribution in [-0.2, 0) is 9.53 Å². The van der Waals surface area contributed by atoms with E-state index >= 15 is 0 Å². The van der Waals surface area contributed by atoms with Gasteiger partial charge in [-0.3, -0.25) is 5.01 Å². The zero-order chi connectivity index (χ0) is 18.8. The van der Waals surface area contributed by atoms with Crippen LogP contribution in [0.3, 0.4) is 0 Å². The van der Waals surface area contributed by atoms with E-state index in [1.807, 2.05) is 74.8 Å². The number of rotatable bonds is 8. The maximum Gasteiger partial charge on any atom is 0.344 e. The van der Waals surface area contributed by atoms with E-state index in [-0.39, 0.29) is 12.6 Å². The highest BCUT2D eigenvalue weighted by Gasteiger charge is 2.05.